The summed E-state index contributed by atoms with van der Waals surface area (Å²) in [7, 11) is 0. The molecule has 3 rings (SSSR count). The van der Waals surface area contributed by atoms with Gasteiger partial charge in [0.25, 0.3) is 0 Å². The number of benzene rings is 2. The van der Waals surface area contributed by atoms with Gasteiger partial charge >= 0.3 is 0 Å². The van der Waals surface area contributed by atoms with E-state index < -0.39 is 0 Å². The molecule has 0 aliphatic carbocycles. The number of rotatable bonds is 4. The van der Waals surface area contributed by atoms with Crippen LogP contribution in [-0.4, -0.2) is 18.9 Å². The standard InChI is InChI=1S/C18H15ClFN3/c19-16-7-4-12(11-21)10-13(16)5-6-14-15(2-1-3-17(14)20)18-22-8-9-23-18/h1-4,7,10H,5-6,8-9H2,(H,22,23). The van der Waals surface area contributed by atoms with Crippen molar-refractivity contribution in [1.29, 1.82) is 5.26 Å². The van der Waals surface area contributed by atoms with Crippen molar-refractivity contribution in [2.45, 2.75) is 12.8 Å². The molecule has 3 nitrogen and oxygen atoms in total. The van der Waals surface area contributed by atoms with Crippen molar-refractivity contribution in [3.8, 4) is 6.07 Å². The Bertz CT molecular complexity index is 808. The molecule has 2 aromatic rings. The molecule has 0 spiro atoms. The van der Waals surface area contributed by atoms with Crippen LogP contribution in [0.1, 0.15) is 22.3 Å². The Morgan fingerprint density at radius 3 is 2.87 bits per heavy atom. The van der Waals surface area contributed by atoms with Gasteiger partial charge in [0.2, 0.25) is 0 Å². The Kier molecular flexibility index (Phi) is 4.59. The molecule has 0 atom stereocenters. The van der Waals surface area contributed by atoms with Crippen molar-refractivity contribution >= 4 is 17.4 Å². The Morgan fingerprint density at radius 1 is 1.26 bits per heavy atom. The lowest BCUT2D eigenvalue weighted by Gasteiger charge is -2.12. The van der Waals surface area contributed by atoms with E-state index in [1.807, 2.05) is 6.07 Å². The quantitative estimate of drug-likeness (QED) is 0.934. The summed E-state index contributed by atoms with van der Waals surface area (Å²) < 4.78 is 14.3. The van der Waals surface area contributed by atoms with Crippen molar-refractivity contribution in [2.75, 3.05) is 13.1 Å². The third kappa shape index (κ3) is 3.35. The fourth-order valence-electron chi connectivity index (χ4n) is 2.71. The van der Waals surface area contributed by atoms with Gasteiger partial charge in [-0.1, -0.05) is 23.7 Å². The van der Waals surface area contributed by atoms with Crippen molar-refractivity contribution in [2.24, 2.45) is 4.99 Å². The first-order chi connectivity index (χ1) is 11.2. The molecule has 0 bridgehead atoms. The van der Waals surface area contributed by atoms with Gasteiger partial charge in [0.05, 0.1) is 18.2 Å². The van der Waals surface area contributed by atoms with Crippen LogP contribution in [0.3, 0.4) is 0 Å². The van der Waals surface area contributed by atoms with Crippen LogP contribution in [-0.2, 0) is 12.8 Å². The van der Waals surface area contributed by atoms with Crippen LogP contribution in [0.5, 0.6) is 0 Å². The van der Waals surface area contributed by atoms with Crippen molar-refractivity contribution in [3.63, 3.8) is 0 Å². The average Bonchev–Trinajstić information content (AvgIpc) is 3.09. The summed E-state index contributed by atoms with van der Waals surface area (Å²) in [6.07, 6.45) is 1.06. The van der Waals surface area contributed by atoms with E-state index in [1.165, 1.54) is 6.07 Å². The highest BCUT2D eigenvalue weighted by Crippen LogP contribution is 2.22. The smallest absolute Gasteiger partial charge is 0.128 e. The fraction of sp³-hybridized carbons (Fsp3) is 0.222. The van der Waals surface area contributed by atoms with E-state index in [1.54, 1.807) is 24.3 Å². The fourth-order valence-corrected chi connectivity index (χ4v) is 2.92. The predicted molar refractivity (Wildman–Crippen MR) is 89.4 cm³/mol. The van der Waals surface area contributed by atoms with Crippen LogP contribution in [0.4, 0.5) is 4.39 Å². The van der Waals surface area contributed by atoms with Crippen LogP contribution in [0.2, 0.25) is 5.02 Å². The van der Waals surface area contributed by atoms with E-state index in [0.29, 0.717) is 35.5 Å². The van der Waals surface area contributed by atoms with Gasteiger partial charge in [-0.25, -0.2) is 4.39 Å². The number of amidine groups is 1. The summed E-state index contributed by atoms with van der Waals surface area (Å²) in [5, 5.41) is 12.8. The molecule has 0 saturated heterocycles. The second-order valence-corrected chi connectivity index (χ2v) is 5.75. The van der Waals surface area contributed by atoms with Crippen LogP contribution in [0, 0.1) is 17.1 Å². The number of aryl methyl sites for hydroxylation is 1. The molecule has 0 saturated carbocycles. The second-order valence-electron chi connectivity index (χ2n) is 5.34. The Balaban J connectivity index is 1.88. The lowest BCUT2D eigenvalue weighted by molar-refractivity contribution is 0.608. The molecule has 1 aliphatic rings. The maximum absolute atomic E-state index is 14.3. The van der Waals surface area contributed by atoms with E-state index in [0.717, 1.165) is 23.5 Å². The molecule has 23 heavy (non-hydrogen) atoms. The van der Waals surface area contributed by atoms with E-state index in [2.05, 4.69) is 16.4 Å². The number of hydrogen-bond donors (Lipinski definition) is 1. The molecule has 0 amide bonds. The lowest BCUT2D eigenvalue weighted by atomic mass is 9.97. The third-order valence-electron chi connectivity index (χ3n) is 3.87. The first-order valence-corrected chi connectivity index (χ1v) is 7.81. The molecule has 1 heterocycles. The lowest BCUT2D eigenvalue weighted by Crippen LogP contribution is -2.21. The van der Waals surface area contributed by atoms with Crippen LogP contribution in [0.15, 0.2) is 41.4 Å². The number of aliphatic imine (C=N–C) groups is 1. The van der Waals surface area contributed by atoms with E-state index in [4.69, 9.17) is 16.9 Å². The van der Waals surface area contributed by atoms with Gasteiger partial charge in [-0.3, -0.25) is 4.99 Å². The SMILES string of the molecule is N#Cc1ccc(Cl)c(CCc2c(F)cccc2C2=NCCN2)c1. The molecular formula is C18H15ClFN3. The van der Waals surface area contributed by atoms with E-state index in [9.17, 15) is 4.39 Å². The van der Waals surface area contributed by atoms with Gasteiger partial charge in [0, 0.05) is 17.1 Å². The third-order valence-corrected chi connectivity index (χ3v) is 4.24. The maximum atomic E-state index is 14.3. The summed E-state index contributed by atoms with van der Waals surface area (Å²) in [4.78, 5) is 4.38. The Morgan fingerprint density at radius 2 is 2.13 bits per heavy atom. The van der Waals surface area contributed by atoms with Crippen LogP contribution < -0.4 is 5.32 Å². The predicted octanol–water partition coefficient (Wildman–Crippen LogP) is 3.49. The average molecular weight is 328 g/mol. The zero-order valence-corrected chi connectivity index (χ0v) is 13.2. The number of nitriles is 1. The summed E-state index contributed by atoms with van der Waals surface area (Å²) in [5.41, 5.74) is 2.83. The minimum atomic E-state index is -0.244. The van der Waals surface area contributed by atoms with Gasteiger partial charge in [-0.2, -0.15) is 5.26 Å². The molecule has 5 heteroatoms. The zero-order valence-electron chi connectivity index (χ0n) is 12.4. The minimum Gasteiger partial charge on any atom is -0.368 e. The van der Waals surface area contributed by atoms with E-state index >= 15 is 0 Å². The summed E-state index contributed by atoms with van der Waals surface area (Å²) in [6, 6.07) is 12.3. The first kappa shape index (κ1) is 15.5. The zero-order chi connectivity index (χ0) is 16.2. The van der Waals surface area contributed by atoms with Gasteiger partial charge < -0.3 is 5.32 Å². The highest BCUT2D eigenvalue weighted by molar-refractivity contribution is 6.31. The molecule has 1 N–H and O–H groups in total. The Hall–Kier alpha value is -2.38. The first-order valence-electron chi connectivity index (χ1n) is 7.43. The van der Waals surface area contributed by atoms with Crippen molar-refractivity contribution in [3.05, 3.63) is 69.5 Å². The van der Waals surface area contributed by atoms with Gasteiger partial charge in [0.15, 0.2) is 0 Å². The molecule has 0 fully saturated rings. The maximum Gasteiger partial charge on any atom is 0.128 e. The van der Waals surface area contributed by atoms with Gasteiger partial charge in [0.1, 0.15) is 11.7 Å². The van der Waals surface area contributed by atoms with Crippen molar-refractivity contribution in [1.82, 2.24) is 5.32 Å². The number of nitrogens with zero attached hydrogens (tertiary/aromatic N) is 2. The topological polar surface area (TPSA) is 48.2 Å². The molecule has 0 unspecified atom stereocenters. The molecule has 116 valence electrons. The molecule has 0 aromatic heterocycles. The Labute approximate surface area is 139 Å². The molecule has 2 aromatic carbocycles. The van der Waals surface area contributed by atoms with Crippen molar-refractivity contribution < 1.29 is 4.39 Å². The monoisotopic (exact) mass is 327 g/mol. The second kappa shape index (κ2) is 6.80. The highest BCUT2D eigenvalue weighted by atomic mass is 35.5. The van der Waals surface area contributed by atoms with Gasteiger partial charge in [-0.05, 0) is 48.2 Å². The number of hydrogen-bond acceptors (Lipinski definition) is 3. The summed E-state index contributed by atoms with van der Waals surface area (Å²) in [5.74, 6) is 0.503. The molecule has 1 aliphatic heterocycles. The van der Waals surface area contributed by atoms with Crippen LogP contribution >= 0.6 is 11.6 Å². The van der Waals surface area contributed by atoms with Gasteiger partial charge in [-0.15, -0.1) is 0 Å². The van der Waals surface area contributed by atoms with Crippen LogP contribution in [0.25, 0.3) is 0 Å². The largest absolute Gasteiger partial charge is 0.368 e. The van der Waals surface area contributed by atoms with E-state index in [-0.39, 0.29) is 5.82 Å². The minimum absolute atomic E-state index is 0.244. The number of nitrogens with one attached hydrogen (secondary N) is 1. The summed E-state index contributed by atoms with van der Waals surface area (Å²) in [6.45, 7) is 1.49. The normalized spacial score (nSPS) is 13.3. The highest BCUT2D eigenvalue weighted by Gasteiger charge is 2.16. The molecule has 0 radical (unpaired) electrons. The summed E-state index contributed by atoms with van der Waals surface area (Å²) >= 11 is 6.19. The number of halogens is 2. The molecular weight excluding hydrogens is 313 g/mol.